The summed E-state index contributed by atoms with van der Waals surface area (Å²) in [6.45, 7) is 3.62. The summed E-state index contributed by atoms with van der Waals surface area (Å²) in [7, 11) is 0. The minimum atomic E-state index is 0.317. The highest BCUT2D eigenvalue weighted by molar-refractivity contribution is 5.02. The summed E-state index contributed by atoms with van der Waals surface area (Å²) >= 11 is 0. The topological polar surface area (TPSA) is 60.2 Å². The fourth-order valence-corrected chi connectivity index (χ4v) is 2.38. The van der Waals surface area contributed by atoms with E-state index in [1.54, 1.807) is 0 Å². The van der Waals surface area contributed by atoms with Crippen LogP contribution in [0, 0.1) is 0 Å². The van der Waals surface area contributed by atoms with Gasteiger partial charge in [-0.3, -0.25) is 0 Å². The van der Waals surface area contributed by atoms with E-state index in [0.29, 0.717) is 11.8 Å². The van der Waals surface area contributed by atoms with Gasteiger partial charge in [-0.2, -0.15) is 4.98 Å². The molecule has 2 fully saturated rings. The van der Waals surface area contributed by atoms with E-state index in [-0.39, 0.29) is 0 Å². The van der Waals surface area contributed by atoms with Gasteiger partial charge in [0.2, 0.25) is 5.89 Å². The Balaban J connectivity index is 1.71. The van der Waals surface area contributed by atoms with Gasteiger partial charge in [-0.05, 0) is 25.8 Å². The third kappa shape index (κ3) is 1.97. The Morgan fingerprint density at radius 2 is 2.25 bits per heavy atom. The van der Waals surface area contributed by atoms with Crippen LogP contribution in [-0.4, -0.2) is 36.4 Å². The molecule has 5 heteroatoms. The van der Waals surface area contributed by atoms with E-state index in [1.807, 2.05) is 0 Å². The molecule has 0 amide bonds. The Kier molecular flexibility index (Phi) is 2.88. The lowest BCUT2D eigenvalue weighted by atomic mass is 9.99. The van der Waals surface area contributed by atoms with E-state index >= 15 is 0 Å². The molecule has 5 nitrogen and oxygen atoms in total. The van der Waals surface area contributed by atoms with Crippen LogP contribution < -0.4 is 5.32 Å². The molecule has 1 N–H and O–H groups in total. The lowest BCUT2D eigenvalue weighted by Crippen LogP contribution is -2.28. The highest BCUT2D eigenvalue weighted by atomic mass is 16.5. The molecule has 16 heavy (non-hydrogen) atoms. The number of hydrogen-bond donors (Lipinski definition) is 1. The van der Waals surface area contributed by atoms with Crippen molar-refractivity contribution >= 4 is 0 Å². The molecular formula is C11H17N3O2. The van der Waals surface area contributed by atoms with E-state index in [0.717, 1.165) is 50.9 Å². The molecule has 0 aromatic carbocycles. The predicted molar refractivity (Wildman–Crippen MR) is 57.3 cm³/mol. The van der Waals surface area contributed by atoms with E-state index in [9.17, 15) is 0 Å². The van der Waals surface area contributed by atoms with Crippen LogP contribution in [0.4, 0.5) is 0 Å². The molecule has 2 saturated heterocycles. The van der Waals surface area contributed by atoms with Crippen molar-refractivity contribution in [1.82, 2.24) is 15.5 Å². The minimum Gasteiger partial charge on any atom is -0.381 e. The molecule has 2 unspecified atom stereocenters. The van der Waals surface area contributed by atoms with E-state index in [2.05, 4.69) is 15.5 Å². The number of hydrogen-bond acceptors (Lipinski definition) is 5. The first-order valence-corrected chi connectivity index (χ1v) is 6.05. The molecule has 0 bridgehead atoms. The number of aromatic nitrogens is 2. The quantitative estimate of drug-likeness (QED) is 0.811. The summed E-state index contributed by atoms with van der Waals surface area (Å²) in [5, 5.41) is 7.47. The van der Waals surface area contributed by atoms with Crippen LogP contribution in [0.1, 0.15) is 42.8 Å². The van der Waals surface area contributed by atoms with Crippen LogP contribution in [0.25, 0.3) is 0 Å². The van der Waals surface area contributed by atoms with Crippen molar-refractivity contribution in [1.29, 1.82) is 0 Å². The Labute approximate surface area is 94.6 Å². The van der Waals surface area contributed by atoms with Crippen LogP contribution in [0.5, 0.6) is 0 Å². The monoisotopic (exact) mass is 223 g/mol. The molecule has 0 aliphatic carbocycles. The molecule has 3 heterocycles. The van der Waals surface area contributed by atoms with Crippen molar-refractivity contribution in [2.24, 2.45) is 0 Å². The largest absolute Gasteiger partial charge is 0.381 e. The van der Waals surface area contributed by atoms with Crippen molar-refractivity contribution in [3.63, 3.8) is 0 Å². The van der Waals surface area contributed by atoms with Gasteiger partial charge in [0.25, 0.3) is 0 Å². The van der Waals surface area contributed by atoms with Gasteiger partial charge in [-0.15, -0.1) is 0 Å². The van der Waals surface area contributed by atoms with Gasteiger partial charge in [0.05, 0.1) is 12.5 Å². The zero-order valence-electron chi connectivity index (χ0n) is 9.32. The average Bonchev–Trinajstić information content (AvgIpc) is 3.01. The number of piperidine rings is 1. The lowest BCUT2D eigenvalue weighted by molar-refractivity contribution is 0.189. The second kappa shape index (κ2) is 4.51. The molecule has 0 radical (unpaired) electrons. The van der Waals surface area contributed by atoms with E-state index in [1.165, 1.54) is 6.42 Å². The maximum atomic E-state index is 5.33. The molecule has 2 atom stereocenters. The highest BCUT2D eigenvalue weighted by Crippen LogP contribution is 2.26. The molecule has 88 valence electrons. The summed E-state index contributed by atoms with van der Waals surface area (Å²) in [5.74, 6) is 2.37. The second-order valence-corrected chi connectivity index (χ2v) is 4.59. The number of rotatable bonds is 2. The zero-order chi connectivity index (χ0) is 10.8. The van der Waals surface area contributed by atoms with Crippen molar-refractivity contribution < 1.29 is 9.26 Å². The summed E-state index contributed by atoms with van der Waals surface area (Å²) in [6.07, 6.45) is 3.36. The molecule has 0 spiro atoms. The second-order valence-electron chi connectivity index (χ2n) is 4.59. The average molecular weight is 223 g/mol. The van der Waals surface area contributed by atoms with Crippen LogP contribution in [0.3, 0.4) is 0 Å². The fraction of sp³-hybridized carbons (Fsp3) is 0.818. The Morgan fingerprint density at radius 1 is 1.25 bits per heavy atom. The van der Waals surface area contributed by atoms with Crippen LogP contribution in [0.2, 0.25) is 0 Å². The van der Waals surface area contributed by atoms with Gasteiger partial charge in [0, 0.05) is 19.1 Å². The predicted octanol–water partition coefficient (Wildman–Crippen LogP) is 1.04. The summed E-state index contributed by atoms with van der Waals surface area (Å²) in [6, 6.07) is 0. The highest BCUT2D eigenvalue weighted by Gasteiger charge is 2.26. The minimum absolute atomic E-state index is 0.317. The normalized spacial score (nSPS) is 30.8. The Hall–Kier alpha value is -0.940. The fourth-order valence-electron chi connectivity index (χ4n) is 2.38. The summed E-state index contributed by atoms with van der Waals surface area (Å²) in [5.41, 5.74) is 0. The van der Waals surface area contributed by atoms with Crippen molar-refractivity contribution in [2.75, 3.05) is 26.3 Å². The third-order valence-electron chi connectivity index (χ3n) is 3.40. The molecule has 1 aromatic heterocycles. The Morgan fingerprint density at radius 3 is 3.00 bits per heavy atom. The lowest BCUT2D eigenvalue weighted by Gasteiger charge is -2.19. The molecule has 0 saturated carbocycles. The van der Waals surface area contributed by atoms with Gasteiger partial charge in [-0.1, -0.05) is 5.16 Å². The number of nitrogens with zero attached hydrogens (tertiary/aromatic N) is 2. The number of ether oxygens (including phenoxy) is 1. The maximum absolute atomic E-state index is 5.33. The van der Waals surface area contributed by atoms with Crippen LogP contribution in [0.15, 0.2) is 4.52 Å². The number of nitrogens with one attached hydrogen (secondary N) is 1. The summed E-state index contributed by atoms with van der Waals surface area (Å²) < 4.78 is 10.7. The summed E-state index contributed by atoms with van der Waals surface area (Å²) in [4.78, 5) is 4.52. The third-order valence-corrected chi connectivity index (χ3v) is 3.40. The van der Waals surface area contributed by atoms with Gasteiger partial charge in [-0.25, -0.2) is 0 Å². The van der Waals surface area contributed by atoms with Crippen LogP contribution >= 0.6 is 0 Å². The van der Waals surface area contributed by atoms with E-state index in [4.69, 9.17) is 9.26 Å². The van der Waals surface area contributed by atoms with Gasteiger partial charge in [0.1, 0.15) is 0 Å². The first kappa shape index (κ1) is 10.2. The van der Waals surface area contributed by atoms with Crippen molar-refractivity contribution in [3.05, 3.63) is 11.7 Å². The van der Waals surface area contributed by atoms with Crippen molar-refractivity contribution in [3.8, 4) is 0 Å². The standard InChI is InChI=1S/C11H17N3O2/c1-2-8(6-12-4-1)10-13-11(16-14-10)9-3-5-15-7-9/h8-9,12H,1-7H2. The maximum Gasteiger partial charge on any atom is 0.232 e. The smallest absolute Gasteiger partial charge is 0.232 e. The molecule has 2 aliphatic heterocycles. The zero-order valence-corrected chi connectivity index (χ0v) is 9.32. The molecule has 3 rings (SSSR count). The molecule has 2 aliphatic rings. The van der Waals surface area contributed by atoms with Gasteiger partial charge < -0.3 is 14.6 Å². The molecular weight excluding hydrogens is 206 g/mol. The SMILES string of the molecule is C1CNCC(c2noc(C3CCOC3)n2)C1. The van der Waals surface area contributed by atoms with Gasteiger partial charge >= 0.3 is 0 Å². The van der Waals surface area contributed by atoms with Crippen LogP contribution in [-0.2, 0) is 4.74 Å². The first-order valence-electron chi connectivity index (χ1n) is 6.05. The van der Waals surface area contributed by atoms with Gasteiger partial charge in [0.15, 0.2) is 5.82 Å². The first-order chi connectivity index (χ1) is 7.93. The Bertz CT molecular complexity index is 341. The molecule has 1 aromatic rings. The van der Waals surface area contributed by atoms with Crippen molar-refractivity contribution in [2.45, 2.75) is 31.1 Å². The van der Waals surface area contributed by atoms with E-state index < -0.39 is 0 Å².